The van der Waals surface area contributed by atoms with E-state index in [9.17, 15) is 4.39 Å². The zero-order valence-electron chi connectivity index (χ0n) is 15.9. The zero-order valence-corrected chi connectivity index (χ0v) is 18.3. The molecule has 7 heteroatoms. The first kappa shape index (κ1) is 23.2. The van der Waals surface area contributed by atoms with Crippen LogP contribution in [0.3, 0.4) is 0 Å². The molecule has 0 heterocycles. The van der Waals surface area contributed by atoms with Crippen LogP contribution in [0.15, 0.2) is 47.5 Å². The van der Waals surface area contributed by atoms with Gasteiger partial charge in [-0.2, -0.15) is 0 Å². The quantitative estimate of drug-likeness (QED) is 0.252. The van der Waals surface area contributed by atoms with Crippen LogP contribution in [0.4, 0.5) is 10.1 Å². The van der Waals surface area contributed by atoms with Crippen LogP contribution in [-0.2, 0) is 11.3 Å². The van der Waals surface area contributed by atoms with Crippen LogP contribution in [0.5, 0.6) is 5.75 Å². The molecule has 2 N–H and O–H groups in total. The molecule has 2 aromatic carbocycles. The summed E-state index contributed by atoms with van der Waals surface area (Å²) in [5, 5.41) is 6.38. The van der Waals surface area contributed by atoms with Gasteiger partial charge in [0.15, 0.2) is 5.96 Å². The molecule has 0 radical (unpaired) electrons. The van der Waals surface area contributed by atoms with Crippen LogP contribution in [0.25, 0.3) is 0 Å². The minimum absolute atomic E-state index is 0. The van der Waals surface area contributed by atoms with E-state index in [1.807, 2.05) is 30.3 Å². The van der Waals surface area contributed by atoms with Gasteiger partial charge in [-0.15, -0.1) is 24.0 Å². The number of halogens is 2. The van der Waals surface area contributed by atoms with E-state index in [4.69, 9.17) is 9.47 Å². The molecule has 0 spiro atoms. The molecule has 0 saturated carbocycles. The summed E-state index contributed by atoms with van der Waals surface area (Å²) in [6.45, 7) is 3.50. The first-order valence-electron chi connectivity index (χ1n) is 8.57. The molecular weight excluding hydrogens is 460 g/mol. The lowest BCUT2D eigenvalue weighted by Gasteiger charge is -2.13. The standard InChI is InChI=1S/C20H26FN3O2.HI/c1-15-8-9-16(12-19(15)21)14-23-20(22-2)24-17-6-4-7-18(13-17)26-11-5-10-25-3;/h4,6-9,12-13H,5,10-11,14H2,1-3H3,(H2,22,23,24);1H. The molecule has 0 aliphatic carbocycles. The van der Waals surface area contributed by atoms with Gasteiger partial charge in [0.05, 0.1) is 6.61 Å². The van der Waals surface area contributed by atoms with Crippen molar-refractivity contribution in [3.8, 4) is 5.75 Å². The normalized spacial score (nSPS) is 10.9. The summed E-state index contributed by atoms with van der Waals surface area (Å²) in [6, 6.07) is 12.9. The van der Waals surface area contributed by atoms with Gasteiger partial charge in [0, 0.05) is 45.5 Å². The van der Waals surface area contributed by atoms with E-state index in [2.05, 4.69) is 15.6 Å². The van der Waals surface area contributed by atoms with E-state index in [0.717, 1.165) is 23.4 Å². The Labute approximate surface area is 177 Å². The Bertz CT molecular complexity index is 741. The lowest BCUT2D eigenvalue weighted by molar-refractivity contribution is 0.172. The van der Waals surface area contributed by atoms with Crippen molar-refractivity contribution in [2.24, 2.45) is 4.99 Å². The highest BCUT2D eigenvalue weighted by Gasteiger charge is 2.03. The van der Waals surface area contributed by atoms with E-state index >= 15 is 0 Å². The number of anilines is 1. The summed E-state index contributed by atoms with van der Waals surface area (Å²) in [7, 11) is 3.37. The van der Waals surface area contributed by atoms with Crippen LogP contribution < -0.4 is 15.4 Å². The van der Waals surface area contributed by atoms with Crippen LogP contribution in [0, 0.1) is 12.7 Å². The predicted octanol–water partition coefficient (Wildman–Crippen LogP) is 4.35. The smallest absolute Gasteiger partial charge is 0.195 e. The SMILES string of the molecule is CN=C(NCc1ccc(C)c(F)c1)Nc1cccc(OCCCOC)c1.I. The van der Waals surface area contributed by atoms with Gasteiger partial charge >= 0.3 is 0 Å². The number of nitrogens with zero attached hydrogens (tertiary/aromatic N) is 1. The Balaban J connectivity index is 0.00000364. The van der Waals surface area contributed by atoms with E-state index in [1.165, 1.54) is 6.07 Å². The van der Waals surface area contributed by atoms with Gasteiger partial charge < -0.3 is 20.1 Å². The molecule has 0 aliphatic rings. The third-order valence-corrected chi connectivity index (χ3v) is 3.78. The molecule has 2 aromatic rings. The Hall–Kier alpha value is -1.87. The average Bonchev–Trinajstić information content (AvgIpc) is 2.65. The van der Waals surface area contributed by atoms with Gasteiger partial charge in [-0.05, 0) is 36.2 Å². The topological polar surface area (TPSA) is 54.9 Å². The highest BCUT2D eigenvalue weighted by molar-refractivity contribution is 14.0. The number of benzene rings is 2. The molecule has 0 aliphatic heterocycles. The van der Waals surface area contributed by atoms with Crippen LogP contribution in [0.2, 0.25) is 0 Å². The van der Waals surface area contributed by atoms with Gasteiger partial charge in [-0.1, -0.05) is 18.2 Å². The van der Waals surface area contributed by atoms with Crippen molar-refractivity contribution in [1.82, 2.24) is 5.32 Å². The van der Waals surface area contributed by atoms with Crippen molar-refractivity contribution >= 4 is 35.6 Å². The summed E-state index contributed by atoms with van der Waals surface area (Å²) >= 11 is 0. The number of methoxy groups -OCH3 is 1. The lowest BCUT2D eigenvalue weighted by Crippen LogP contribution is -2.30. The van der Waals surface area contributed by atoms with Crippen LogP contribution >= 0.6 is 24.0 Å². The summed E-state index contributed by atoms with van der Waals surface area (Å²) in [5.41, 5.74) is 2.35. The number of hydrogen-bond donors (Lipinski definition) is 2. The molecule has 0 atom stereocenters. The summed E-state index contributed by atoms with van der Waals surface area (Å²) in [6.07, 6.45) is 0.838. The molecule has 27 heavy (non-hydrogen) atoms. The lowest BCUT2D eigenvalue weighted by atomic mass is 10.1. The van der Waals surface area contributed by atoms with Gasteiger partial charge in [0.25, 0.3) is 0 Å². The van der Waals surface area contributed by atoms with Crippen LogP contribution in [0.1, 0.15) is 17.5 Å². The zero-order chi connectivity index (χ0) is 18.8. The monoisotopic (exact) mass is 487 g/mol. The fourth-order valence-corrected chi connectivity index (χ4v) is 2.30. The maximum Gasteiger partial charge on any atom is 0.195 e. The minimum atomic E-state index is -0.203. The van der Waals surface area contributed by atoms with Crippen molar-refractivity contribution in [2.45, 2.75) is 19.9 Å². The second kappa shape index (κ2) is 12.5. The first-order valence-corrected chi connectivity index (χ1v) is 8.57. The third kappa shape index (κ3) is 8.13. The van der Waals surface area contributed by atoms with Gasteiger partial charge in [0.2, 0.25) is 0 Å². The number of ether oxygens (including phenoxy) is 2. The Morgan fingerprint density at radius 1 is 1.15 bits per heavy atom. The molecule has 0 fully saturated rings. The molecule has 5 nitrogen and oxygen atoms in total. The summed E-state index contributed by atoms with van der Waals surface area (Å²) in [5.74, 6) is 1.18. The highest BCUT2D eigenvalue weighted by Crippen LogP contribution is 2.17. The third-order valence-electron chi connectivity index (χ3n) is 3.78. The number of aryl methyl sites for hydroxylation is 1. The maximum absolute atomic E-state index is 13.6. The van der Waals surface area contributed by atoms with E-state index < -0.39 is 0 Å². The van der Waals surface area contributed by atoms with Crippen LogP contribution in [-0.4, -0.2) is 33.3 Å². The minimum Gasteiger partial charge on any atom is -0.493 e. The number of guanidine groups is 1. The summed E-state index contributed by atoms with van der Waals surface area (Å²) < 4.78 is 24.3. The first-order chi connectivity index (χ1) is 12.6. The van der Waals surface area contributed by atoms with E-state index in [1.54, 1.807) is 27.1 Å². The fraction of sp³-hybridized carbons (Fsp3) is 0.350. The molecule has 0 unspecified atom stereocenters. The molecule has 0 amide bonds. The van der Waals surface area contributed by atoms with Crippen molar-refractivity contribution in [1.29, 1.82) is 0 Å². The van der Waals surface area contributed by atoms with Gasteiger partial charge in [-0.3, -0.25) is 4.99 Å². The van der Waals surface area contributed by atoms with Crippen molar-refractivity contribution in [2.75, 3.05) is 32.7 Å². The Morgan fingerprint density at radius 2 is 1.96 bits per heavy atom. The molecule has 148 valence electrons. The van der Waals surface area contributed by atoms with E-state index in [0.29, 0.717) is 31.3 Å². The molecule has 0 saturated heterocycles. The number of rotatable bonds is 8. The summed E-state index contributed by atoms with van der Waals surface area (Å²) in [4.78, 5) is 4.20. The molecule has 0 bridgehead atoms. The number of nitrogens with one attached hydrogen (secondary N) is 2. The number of hydrogen-bond acceptors (Lipinski definition) is 3. The second-order valence-corrected chi connectivity index (χ2v) is 5.86. The fourth-order valence-electron chi connectivity index (χ4n) is 2.30. The van der Waals surface area contributed by atoms with Gasteiger partial charge in [0.1, 0.15) is 11.6 Å². The largest absolute Gasteiger partial charge is 0.493 e. The maximum atomic E-state index is 13.6. The van der Waals surface area contributed by atoms with Crippen molar-refractivity contribution in [3.63, 3.8) is 0 Å². The molecule has 2 rings (SSSR count). The second-order valence-electron chi connectivity index (χ2n) is 5.86. The predicted molar refractivity (Wildman–Crippen MR) is 119 cm³/mol. The van der Waals surface area contributed by atoms with E-state index in [-0.39, 0.29) is 29.8 Å². The Kier molecular flexibility index (Phi) is 10.7. The highest BCUT2D eigenvalue weighted by atomic mass is 127. The molecular formula is C20H27FIN3O2. The number of aliphatic imine (C=N–C) groups is 1. The van der Waals surface area contributed by atoms with Crippen molar-refractivity contribution < 1.29 is 13.9 Å². The van der Waals surface area contributed by atoms with Gasteiger partial charge in [-0.25, -0.2) is 4.39 Å². The van der Waals surface area contributed by atoms with Crippen molar-refractivity contribution in [3.05, 3.63) is 59.4 Å². The Morgan fingerprint density at radius 3 is 2.67 bits per heavy atom. The average molecular weight is 487 g/mol. The molecule has 0 aromatic heterocycles.